The van der Waals surface area contributed by atoms with Crippen LogP contribution in [0.1, 0.15) is 39.5 Å². The number of para-hydroxylation sites is 2. The van der Waals surface area contributed by atoms with E-state index in [1.165, 1.54) is 0 Å². The topological polar surface area (TPSA) is 83.8 Å². The van der Waals surface area contributed by atoms with Crippen molar-refractivity contribution in [1.29, 1.82) is 0 Å². The Labute approximate surface area is 125 Å². The van der Waals surface area contributed by atoms with Crippen molar-refractivity contribution < 1.29 is 4.79 Å². The van der Waals surface area contributed by atoms with Crippen molar-refractivity contribution in [2.75, 3.05) is 11.9 Å². The number of hydrogen-bond acceptors (Lipinski definition) is 3. The van der Waals surface area contributed by atoms with Crippen molar-refractivity contribution >= 4 is 22.9 Å². The minimum absolute atomic E-state index is 0.0345. The maximum Gasteiger partial charge on any atom is 0.234 e. The minimum Gasteiger partial charge on any atom is -0.329 e. The fourth-order valence-corrected chi connectivity index (χ4v) is 2.86. The highest BCUT2D eigenvalue weighted by atomic mass is 16.2. The quantitative estimate of drug-likeness (QED) is 0.732. The zero-order chi connectivity index (χ0) is 15.3. The monoisotopic (exact) mass is 288 g/mol. The van der Waals surface area contributed by atoms with Gasteiger partial charge >= 0.3 is 0 Å². The van der Waals surface area contributed by atoms with Gasteiger partial charge in [-0.1, -0.05) is 38.8 Å². The van der Waals surface area contributed by atoms with Gasteiger partial charge in [0.2, 0.25) is 11.9 Å². The van der Waals surface area contributed by atoms with Crippen LogP contribution in [0.2, 0.25) is 0 Å². The Morgan fingerprint density at radius 1 is 1.29 bits per heavy atom. The smallest absolute Gasteiger partial charge is 0.234 e. The Hall–Kier alpha value is -1.88. The zero-order valence-electron chi connectivity index (χ0n) is 12.8. The number of anilines is 1. The number of nitrogens with two attached hydrogens (primary N) is 1. The number of benzene rings is 1. The predicted molar refractivity (Wildman–Crippen MR) is 86.0 cm³/mol. The Kier molecular flexibility index (Phi) is 4.96. The van der Waals surface area contributed by atoms with Gasteiger partial charge in [0.15, 0.2) is 0 Å². The van der Waals surface area contributed by atoms with E-state index in [4.69, 9.17) is 5.73 Å². The Morgan fingerprint density at radius 2 is 1.95 bits per heavy atom. The number of imidazole rings is 1. The van der Waals surface area contributed by atoms with Gasteiger partial charge in [-0.05, 0) is 25.0 Å². The summed E-state index contributed by atoms with van der Waals surface area (Å²) in [5.41, 5.74) is 7.18. The number of carbonyl (C=O) groups is 1. The first-order chi connectivity index (χ1) is 10.1. The maximum atomic E-state index is 12.7. The van der Waals surface area contributed by atoms with Crippen LogP contribution in [0.3, 0.4) is 0 Å². The minimum atomic E-state index is -0.498. The third-order valence-electron chi connectivity index (χ3n) is 3.95. The highest BCUT2D eigenvalue weighted by Crippen LogP contribution is 2.30. The second-order valence-corrected chi connectivity index (χ2v) is 5.54. The van der Waals surface area contributed by atoms with E-state index in [0.29, 0.717) is 12.5 Å². The van der Waals surface area contributed by atoms with Crippen LogP contribution in [-0.2, 0) is 4.79 Å². The predicted octanol–water partition coefficient (Wildman–Crippen LogP) is 3.05. The van der Waals surface area contributed by atoms with Gasteiger partial charge in [-0.2, -0.15) is 0 Å². The van der Waals surface area contributed by atoms with Gasteiger partial charge in [0.1, 0.15) is 0 Å². The summed E-state index contributed by atoms with van der Waals surface area (Å²) in [7, 11) is 0. The molecule has 4 N–H and O–H groups in total. The molecule has 0 fully saturated rings. The summed E-state index contributed by atoms with van der Waals surface area (Å²) in [6.07, 6.45) is 3.46. The van der Waals surface area contributed by atoms with Crippen LogP contribution in [0.5, 0.6) is 0 Å². The van der Waals surface area contributed by atoms with Crippen molar-refractivity contribution in [2.45, 2.75) is 39.5 Å². The van der Waals surface area contributed by atoms with E-state index >= 15 is 0 Å². The van der Waals surface area contributed by atoms with Gasteiger partial charge in [0.05, 0.1) is 16.4 Å². The Balaban J connectivity index is 2.21. The fraction of sp³-hybridized carbons (Fsp3) is 0.500. The first-order valence-electron chi connectivity index (χ1n) is 7.61. The lowest BCUT2D eigenvalue weighted by Crippen LogP contribution is -2.42. The molecule has 21 heavy (non-hydrogen) atoms. The second kappa shape index (κ2) is 6.72. The first-order valence-corrected chi connectivity index (χ1v) is 7.61. The number of rotatable bonds is 7. The zero-order valence-corrected chi connectivity index (χ0v) is 12.8. The average molecular weight is 288 g/mol. The highest BCUT2D eigenvalue weighted by Gasteiger charge is 2.35. The summed E-state index contributed by atoms with van der Waals surface area (Å²) < 4.78 is 0. The van der Waals surface area contributed by atoms with E-state index in [0.717, 1.165) is 36.7 Å². The van der Waals surface area contributed by atoms with Crippen LogP contribution < -0.4 is 11.1 Å². The number of aromatic nitrogens is 2. The molecule has 0 saturated heterocycles. The van der Waals surface area contributed by atoms with Gasteiger partial charge in [0, 0.05) is 6.54 Å². The van der Waals surface area contributed by atoms with E-state index in [-0.39, 0.29) is 5.91 Å². The third-order valence-corrected chi connectivity index (χ3v) is 3.95. The van der Waals surface area contributed by atoms with Gasteiger partial charge < -0.3 is 10.7 Å². The summed E-state index contributed by atoms with van der Waals surface area (Å²) >= 11 is 0. The largest absolute Gasteiger partial charge is 0.329 e. The average Bonchev–Trinajstić information content (AvgIpc) is 2.88. The number of hydrogen-bond donors (Lipinski definition) is 3. The lowest BCUT2D eigenvalue weighted by Gasteiger charge is -2.30. The first kappa shape index (κ1) is 15.5. The second-order valence-electron chi connectivity index (χ2n) is 5.54. The molecule has 5 nitrogen and oxygen atoms in total. The number of carbonyl (C=O) groups excluding carboxylic acids is 1. The van der Waals surface area contributed by atoms with Crippen molar-refractivity contribution in [2.24, 2.45) is 11.1 Å². The lowest BCUT2D eigenvalue weighted by atomic mass is 9.78. The normalized spacial score (nSPS) is 11.8. The summed E-state index contributed by atoms with van der Waals surface area (Å²) in [6, 6.07) is 7.71. The molecular weight excluding hydrogens is 264 g/mol. The standard InChI is InChI=1S/C16H24N4O/c1-3-9-16(11-17,10-4-2)14(21)20-15-18-12-7-5-6-8-13(12)19-15/h5-8H,3-4,9-11,17H2,1-2H3,(H2,18,19,20,21). The van der Waals surface area contributed by atoms with Gasteiger partial charge in [-0.15, -0.1) is 0 Å². The maximum absolute atomic E-state index is 12.7. The van der Waals surface area contributed by atoms with Crippen molar-refractivity contribution in [3.05, 3.63) is 24.3 Å². The molecule has 1 aromatic carbocycles. The Morgan fingerprint density at radius 3 is 2.52 bits per heavy atom. The number of nitrogens with zero attached hydrogens (tertiary/aromatic N) is 1. The number of nitrogens with one attached hydrogen (secondary N) is 2. The van der Waals surface area contributed by atoms with Gasteiger partial charge in [-0.3, -0.25) is 10.1 Å². The summed E-state index contributed by atoms with van der Waals surface area (Å²) in [5.74, 6) is 0.457. The number of H-pyrrole nitrogens is 1. The Bertz CT molecular complexity index is 566. The SMILES string of the molecule is CCCC(CN)(CCC)C(=O)Nc1nc2ccccc2[nH]1. The molecule has 5 heteroatoms. The number of amides is 1. The summed E-state index contributed by atoms with van der Waals surface area (Å²) in [5, 5.41) is 2.91. The van der Waals surface area contributed by atoms with Crippen LogP contribution in [0, 0.1) is 5.41 Å². The van der Waals surface area contributed by atoms with Crippen LogP contribution in [0.15, 0.2) is 24.3 Å². The van der Waals surface area contributed by atoms with E-state index < -0.39 is 5.41 Å². The van der Waals surface area contributed by atoms with E-state index in [2.05, 4.69) is 29.1 Å². The van der Waals surface area contributed by atoms with Crippen molar-refractivity contribution in [3.8, 4) is 0 Å². The summed E-state index contributed by atoms with van der Waals surface area (Å²) in [4.78, 5) is 20.2. The van der Waals surface area contributed by atoms with Gasteiger partial charge in [0.25, 0.3) is 0 Å². The van der Waals surface area contributed by atoms with E-state index in [1.807, 2.05) is 24.3 Å². The molecule has 0 bridgehead atoms. The molecule has 0 aliphatic rings. The lowest BCUT2D eigenvalue weighted by molar-refractivity contribution is -0.126. The van der Waals surface area contributed by atoms with Crippen molar-refractivity contribution in [3.63, 3.8) is 0 Å². The molecule has 0 unspecified atom stereocenters. The molecular formula is C16H24N4O. The van der Waals surface area contributed by atoms with Gasteiger partial charge in [-0.25, -0.2) is 4.98 Å². The third kappa shape index (κ3) is 3.24. The molecule has 1 amide bonds. The molecule has 0 aliphatic carbocycles. The molecule has 0 aliphatic heterocycles. The molecule has 2 aromatic rings. The van der Waals surface area contributed by atoms with E-state index in [1.54, 1.807) is 0 Å². The van der Waals surface area contributed by atoms with Crippen molar-refractivity contribution in [1.82, 2.24) is 9.97 Å². The number of aromatic amines is 1. The molecule has 0 atom stereocenters. The molecule has 2 rings (SSSR count). The van der Waals surface area contributed by atoms with Crippen LogP contribution in [0.4, 0.5) is 5.95 Å². The van der Waals surface area contributed by atoms with Crippen LogP contribution in [-0.4, -0.2) is 22.4 Å². The van der Waals surface area contributed by atoms with Crippen LogP contribution in [0.25, 0.3) is 11.0 Å². The number of fused-ring (bicyclic) bond motifs is 1. The molecule has 114 valence electrons. The summed E-state index contributed by atoms with van der Waals surface area (Å²) in [6.45, 7) is 4.52. The molecule has 0 radical (unpaired) electrons. The van der Waals surface area contributed by atoms with Crippen LogP contribution >= 0.6 is 0 Å². The molecule has 1 heterocycles. The molecule has 0 spiro atoms. The highest BCUT2D eigenvalue weighted by molar-refractivity contribution is 5.95. The fourth-order valence-electron chi connectivity index (χ4n) is 2.86. The van der Waals surface area contributed by atoms with E-state index in [9.17, 15) is 4.79 Å². The molecule has 1 aromatic heterocycles. The molecule has 0 saturated carbocycles.